The SMILES string of the molecule is CCCCCCCCCCCC[N+](C)(CCCCCCCCCCCC)CCCCOc1cc(O)c2c(c1)C(=O)c1cc(C)cc(O)c1C2=O.[Br-]. The molecule has 51 heavy (non-hydrogen) atoms. The number of benzene rings is 2. The number of fused-ring (bicyclic) bond motifs is 2. The molecule has 6 nitrogen and oxygen atoms in total. The van der Waals surface area contributed by atoms with Gasteiger partial charge in [0.2, 0.25) is 5.78 Å². The van der Waals surface area contributed by atoms with Gasteiger partial charge in [-0.2, -0.15) is 0 Å². The highest BCUT2D eigenvalue weighted by Gasteiger charge is 2.35. The number of carbonyl (C=O) groups is 2. The summed E-state index contributed by atoms with van der Waals surface area (Å²) in [4.78, 5) is 26.5. The van der Waals surface area contributed by atoms with Crippen molar-refractivity contribution in [3.8, 4) is 17.2 Å². The summed E-state index contributed by atoms with van der Waals surface area (Å²) in [6, 6.07) is 6.05. The summed E-state index contributed by atoms with van der Waals surface area (Å²) < 4.78 is 7.16. The van der Waals surface area contributed by atoms with Crippen molar-refractivity contribution >= 4 is 11.6 Å². The molecule has 0 radical (unpaired) electrons. The van der Waals surface area contributed by atoms with Crippen LogP contribution >= 0.6 is 0 Å². The van der Waals surface area contributed by atoms with Gasteiger partial charge >= 0.3 is 0 Å². The highest BCUT2D eigenvalue weighted by atomic mass is 79.9. The van der Waals surface area contributed by atoms with Crippen LogP contribution in [0.1, 0.15) is 193 Å². The fourth-order valence-electron chi connectivity index (χ4n) is 7.64. The number of aromatic hydroxyl groups is 2. The Balaban J connectivity index is 0.00000901. The zero-order valence-corrected chi connectivity index (χ0v) is 34.2. The topological polar surface area (TPSA) is 83.8 Å². The molecule has 2 aromatic carbocycles. The van der Waals surface area contributed by atoms with Crippen LogP contribution in [0, 0.1) is 6.92 Å². The molecule has 3 rings (SSSR count). The number of quaternary nitrogens is 1. The Hall–Kier alpha value is -2.38. The normalized spacial score (nSPS) is 12.5. The number of carbonyl (C=O) groups excluding carboxylic acids is 2. The van der Waals surface area contributed by atoms with Crippen LogP contribution in [0.2, 0.25) is 0 Å². The van der Waals surface area contributed by atoms with Gasteiger partial charge in [0, 0.05) is 17.2 Å². The zero-order valence-electron chi connectivity index (χ0n) is 32.6. The molecule has 288 valence electrons. The molecule has 0 atom stereocenters. The van der Waals surface area contributed by atoms with Gasteiger partial charge in [-0.3, -0.25) is 9.59 Å². The molecule has 0 unspecified atom stereocenters. The summed E-state index contributed by atoms with van der Waals surface area (Å²) in [7, 11) is 2.45. The van der Waals surface area contributed by atoms with E-state index < -0.39 is 5.78 Å². The van der Waals surface area contributed by atoms with E-state index in [1.165, 1.54) is 154 Å². The molecule has 2 aromatic rings. The van der Waals surface area contributed by atoms with Crippen molar-refractivity contribution < 1.29 is 46.0 Å². The molecule has 7 heteroatoms. The van der Waals surface area contributed by atoms with Crippen LogP contribution in [-0.2, 0) is 0 Å². The predicted molar refractivity (Wildman–Crippen MR) is 207 cm³/mol. The minimum atomic E-state index is -0.543. The van der Waals surface area contributed by atoms with Gasteiger partial charge in [-0.25, -0.2) is 0 Å². The summed E-state index contributed by atoms with van der Waals surface area (Å²) in [6.45, 7) is 10.4. The Morgan fingerprint density at radius 1 is 0.529 bits per heavy atom. The molecule has 0 saturated carbocycles. The monoisotopic (exact) mass is 771 g/mol. The molecule has 1 aliphatic carbocycles. The van der Waals surface area contributed by atoms with Crippen LogP contribution < -0.4 is 21.7 Å². The lowest BCUT2D eigenvalue weighted by molar-refractivity contribution is -0.910. The molecular formula is C44H70BrNO5. The second kappa shape index (κ2) is 24.8. The van der Waals surface area contributed by atoms with E-state index >= 15 is 0 Å². The van der Waals surface area contributed by atoms with Crippen molar-refractivity contribution in [3.63, 3.8) is 0 Å². The number of unbranched alkanes of at least 4 members (excludes halogenated alkanes) is 19. The smallest absolute Gasteiger partial charge is 0.201 e. The van der Waals surface area contributed by atoms with Gasteiger partial charge in [-0.1, -0.05) is 117 Å². The van der Waals surface area contributed by atoms with Crippen LogP contribution in [0.15, 0.2) is 24.3 Å². The molecule has 0 saturated heterocycles. The third kappa shape index (κ3) is 15.2. The van der Waals surface area contributed by atoms with E-state index in [-0.39, 0.29) is 56.5 Å². The molecule has 0 amide bonds. The summed E-state index contributed by atoms with van der Waals surface area (Å²) >= 11 is 0. The number of hydrogen-bond donors (Lipinski definition) is 2. The number of nitrogens with zero attached hydrogens (tertiary/aromatic N) is 1. The van der Waals surface area contributed by atoms with Gasteiger partial charge in [0.25, 0.3) is 0 Å². The van der Waals surface area contributed by atoms with Gasteiger partial charge in [0.1, 0.15) is 17.2 Å². The van der Waals surface area contributed by atoms with Gasteiger partial charge in [-0.05, 0) is 69.2 Å². The van der Waals surface area contributed by atoms with Gasteiger partial charge in [0.05, 0.1) is 44.4 Å². The predicted octanol–water partition coefficient (Wildman–Crippen LogP) is 8.63. The Morgan fingerprint density at radius 2 is 0.922 bits per heavy atom. The third-order valence-electron chi connectivity index (χ3n) is 10.8. The highest BCUT2D eigenvalue weighted by molar-refractivity contribution is 6.30. The van der Waals surface area contributed by atoms with E-state index in [0.29, 0.717) is 17.9 Å². The van der Waals surface area contributed by atoms with E-state index in [2.05, 4.69) is 20.9 Å². The zero-order chi connectivity index (χ0) is 36.2. The highest BCUT2D eigenvalue weighted by Crippen LogP contribution is 2.39. The second-order valence-corrected chi connectivity index (χ2v) is 15.4. The number of aryl methyl sites for hydroxylation is 1. The number of hydrogen-bond acceptors (Lipinski definition) is 5. The maximum absolute atomic E-state index is 13.3. The largest absolute Gasteiger partial charge is 1.00 e. The summed E-state index contributed by atoms with van der Waals surface area (Å²) in [5.41, 5.74) is 0.863. The van der Waals surface area contributed by atoms with Crippen LogP contribution in [-0.4, -0.2) is 59.6 Å². The third-order valence-corrected chi connectivity index (χ3v) is 10.8. The molecule has 0 aliphatic heterocycles. The Kier molecular flexibility index (Phi) is 21.8. The van der Waals surface area contributed by atoms with Crippen LogP contribution in [0.25, 0.3) is 0 Å². The molecule has 0 aromatic heterocycles. The minimum Gasteiger partial charge on any atom is -1.00 e. The van der Waals surface area contributed by atoms with E-state index in [0.717, 1.165) is 23.9 Å². The first-order valence-corrected chi connectivity index (χ1v) is 20.5. The maximum Gasteiger partial charge on any atom is 0.201 e. The van der Waals surface area contributed by atoms with Gasteiger partial charge < -0.3 is 36.4 Å². The van der Waals surface area contributed by atoms with Crippen LogP contribution in [0.3, 0.4) is 0 Å². The Morgan fingerprint density at radius 3 is 1.39 bits per heavy atom. The number of phenolic OH excluding ortho intramolecular Hbond substituents is 2. The van der Waals surface area contributed by atoms with Crippen LogP contribution in [0.4, 0.5) is 0 Å². The van der Waals surface area contributed by atoms with Crippen LogP contribution in [0.5, 0.6) is 17.2 Å². The fourth-order valence-corrected chi connectivity index (χ4v) is 7.64. The second-order valence-electron chi connectivity index (χ2n) is 15.4. The molecular weight excluding hydrogens is 702 g/mol. The molecule has 0 spiro atoms. The summed E-state index contributed by atoms with van der Waals surface area (Å²) in [6.07, 6.45) is 29.2. The first-order chi connectivity index (χ1) is 24.2. The number of halogens is 1. The molecule has 0 fully saturated rings. The lowest BCUT2D eigenvalue weighted by atomic mass is 9.82. The fraction of sp³-hybridized carbons (Fsp3) is 0.682. The molecule has 0 bridgehead atoms. The summed E-state index contributed by atoms with van der Waals surface area (Å²) in [5.74, 6) is -1.08. The van der Waals surface area contributed by atoms with E-state index in [1.807, 2.05) is 0 Å². The van der Waals surface area contributed by atoms with Crippen molar-refractivity contribution in [1.29, 1.82) is 0 Å². The number of ether oxygens (including phenoxy) is 1. The lowest BCUT2D eigenvalue weighted by Gasteiger charge is -2.35. The van der Waals surface area contributed by atoms with Crippen molar-refractivity contribution in [2.24, 2.45) is 0 Å². The van der Waals surface area contributed by atoms with Crippen molar-refractivity contribution in [2.45, 2.75) is 162 Å². The standard InChI is InChI=1S/C44H69NO5.BrH/c1-5-7-9-11-13-15-17-19-21-23-27-45(4,28-24-22-20-18-16-14-12-10-8-6-2)29-25-26-30-50-36-33-38-42(40(47)34-36)44(49)41-37(43(38)48)31-35(3)32-39(41)46;/h31-34H,5-30H2,1-4H3,(H-,46,47,49);1H. The molecule has 1 aliphatic rings. The number of phenols is 2. The average Bonchev–Trinajstić information content (AvgIpc) is 3.08. The maximum atomic E-state index is 13.3. The first-order valence-electron chi connectivity index (χ1n) is 20.5. The Labute approximate surface area is 321 Å². The number of rotatable bonds is 28. The van der Waals surface area contributed by atoms with Crippen molar-refractivity contribution in [2.75, 3.05) is 33.3 Å². The van der Waals surface area contributed by atoms with Crippen molar-refractivity contribution in [3.05, 3.63) is 52.1 Å². The average molecular weight is 773 g/mol. The first kappa shape index (κ1) is 44.8. The Bertz CT molecular complexity index is 1300. The van der Waals surface area contributed by atoms with Crippen molar-refractivity contribution in [1.82, 2.24) is 0 Å². The van der Waals surface area contributed by atoms with E-state index in [4.69, 9.17) is 4.74 Å². The molecule has 0 heterocycles. The van der Waals surface area contributed by atoms with E-state index in [1.54, 1.807) is 19.1 Å². The molecule has 2 N–H and O–H groups in total. The van der Waals surface area contributed by atoms with Gasteiger partial charge in [-0.15, -0.1) is 0 Å². The quantitative estimate of drug-likeness (QED) is 0.0571. The summed E-state index contributed by atoms with van der Waals surface area (Å²) in [5, 5.41) is 21.1. The minimum absolute atomic E-state index is 0. The van der Waals surface area contributed by atoms with E-state index in [9.17, 15) is 19.8 Å². The number of ketones is 2. The lowest BCUT2D eigenvalue weighted by Crippen LogP contribution is -3.00. The van der Waals surface area contributed by atoms with Gasteiger partial charge in [0.15, 0.2) is 5.78 Å².